The lowest BCUT2D eigenvalue weighted by molar-refractivity contribution is -0.384. The standard InChI is InChI=1S/C48H52N4O11S/c1-3-15-38-22-13-14-23-39(38)28-49-47(54)42(51-64(57,58)41-26-24-40(25-27-41)52(55)56)32-62-48-44(50-34(2)53)46(61-31-37-20-11-6-12-21-37)45(60-30-36-18-9-5-10-19-36)43(63-48)33-59-29-35-16-7-4-8-17-35/h3-14,16-27,42-46,48,51H,1,15,28-33H2,2H3,(H,49,54)(H,50,53)/t42-,43+,44+,45-,46+,48-/m0/s1. The van der Waals surface area contributed by atoms with E-state index in [-0.39, 0.29) is 43.6 Å². The second-order valence-electron chi connectivity index (χ2n) is 15.0. The fraction of sp³-hybridized carbons (Fsp3) is 0.292. The van der Waals surface area contributed by atoms with Gasteiger partial charge in [0.2, 0.25) is 21.8 Å². The molecule has 6 atom stereocenters. The zero-order valence-electron chi connectivity index (χ0n) is 35.3. The molecule has 16 heteroatoms. The number of nitrogens with zero attached hydrogens (tertiary/aromatic N) is 1. The topological polar surface area (TPSA) is 194 Å². The van der Waals surface area contributed by atoms with E-state index >= 15 is 0 Å². The number of non-ortho nitro benzene ring substituents is 1. The minimum absolute atomic E-state index is 0.00694. The molecule has 0 bridgehead atoms. The first-order valence-corrected chi connectivity index (χ1v) is 22.2. The van der Waals surface area contributed by atoms with Gasteiger partial charge >= 0.3 is 0 Å². The number of hydrogen-bond acceptors (Lipinski definition) is 11. The Labute approximate surface area is 372 Å². The van der Waals surface area contributed by atoms with Crippen LogP contribution in [0.1, 0.15) is 34.7 Å². The summed E-state index contributed by atoms with van der Waals surface area (Å²) in [6, 6.07) is 37.6. The normalized spacial score (nSPS) is 19.0. The van der Waals surface area contributed by atoms with Crippen molar-refractivity contribution < 1.29 is 46.6 Å². The molecular weight excluding hydrogens is 841 g/mol. The van der Waals surface area contributed by atoms with Crippen molar-refractivity contribution in [2.75, 3.05) is 13.2 Å². The van der Waals surface area contributed by atoms with Crippen LogP contribution in [0.25, 0.3) is 0 Å². The maximum atomic E-state index is 14.1. The molecular formula is C48H52N4O11S. The molecule has 0 saturated carbocycles. The Bertz CT molecular complexity index is 2390. The van der Waals surface area contributed by atoms with Crippen molar-refractivity contribution in [3.05, 3.63) is 190 Å². The lowest BCUT2D eigenvalue weighted by Crippen LogP contribution is -2.66. The van der Waals surface area contributed by atoms with Crippen molar-refractivity contribution in [2.24, 2.45) is 0 Å². The van der Waals surface area contributed by atoms with Crippen molar-refractivity contribution in [2.45, 2.75) is 81.3 Å². The first-order valence-electron chi connectivity index (χ1n) is 20.7. The molecule has 3 N–H and O–H groups in total. The summed E-state index contributed by atoms with van der Waals surface area (Å²) in [5.41, 5.74) is 4.03. The van der Waals surface area contributed by atoms with Gasteiger partial charge in [0.15, 0.2) is 6.29 Å². The van der Waals surface area contributed by atoms with Crippen LogP contribution < -0.4 is 15.4 Å². The highest BCUT2D eigenvalue weighted by Gasteiger charge is 2.49. The summed E-state index contributed by atoms with van der Waals surface area (Å²) in [5.74, 6) is -1.18. The molecule has 1 aliphatic rings. The number of nitrogens with one attached hydrogen (secondary N) is 3. The molecule has 1 heterocycles. The van der Waals surface area contributed by atoms with Gasteiger partial charge in [-0.05, 0) is 46.4 Å². The molecule has 2 amide bonds. The van der Waals surface area contributed by atoms with E-state index in [0.29, 0.717) is 6.42 Å². The van der Waals surface area contributed by atoms with Crippen LogP contribution >= 0.6 is 0 Å². The molecule has 6 rings (SSSR count). The first-order chi connectivity index (χ1) is 31.0. The molecule has 0 radical (unpaired) electrons. The Hall–Kier alpha value is -6.11. The highest BCUT2D eigenvalue weighted by Crippen LogP contribution is 2.30. The number of hydrogen-bond donors (Lipinski definition) is 3. The lowest BCUT2D eigenvalue weighted by atomic mass is 9.95. The maximum Gasteiger partial charge on any atom is 0.269 e. The van der Waals surface area contributed by atoms with E-state index in [4.69, 9.17) is 23.7 Å². The minimum Gasteiger partial charge on any atom is -0.374 e. The third-order valence-electron chi connectivity index (χ3n) is 10.3. The third kappa shape index (κ3) is 13.7. The largest absolute Gasteiger partial charge is 0.374 e. The first kappa shape index (κ1) is 47.4. The van der Waals surface area contributed by atoms with Crippen molar-refractivity contribution in [3.63, 3.8) is 0 Å². The summed E-state index contributed by atoms with van der Waals surface area (Å²) < 4.78 is 62.6. The number of ether oxygens (including phenoxy) is 5. The van der Waals surface area contributed by atoms with Crippen molar-refractivity contribution in [1.82, 2.24) is 15.4 Å². The van der Waals surface area contributed by atoms with Crippen LogP contribution in [0.4, 0.5) is 5.69 Å². The molecule has 64 heavy (non-hydrogen) atoms. The van der Waals surface area contributed by atoms with Crippen molar-refractivity contribution in [3.8, 4) is 0 Å². The number of rotatable bonds is 23. The molecule has 0 unspecified atom stereocenters. The van der Waals surface area contributed by atoms with Gasteiger partial charge in [-0.25, -0.2) is 8.42 Å². The van der Waals surface area contributed by atoms with Gasteiger partial charge in [-0.1, -0.05) is 121 Å². The summed E-state index contributed by atoms with van der Waals surface area (Å²) in [6.45, 7) is 5.11. The summed E-state index contributed by atoms with van der Waals surface area (Å²) >= 11 is 0. The van der Waals surface area contributed by atoms with Gasteiger partial charge in [0, 0.05) is 25.6 Å². The molecule has 0 aliphatic carbocycles. The van der Waals surface area contributed by atoms with Crippen LogP contribution in [-0.4, -0.2) is 75.1 Å². The molecule has 0 aromatic heterocycles. The van der Waals surface area contributed by atoms with Crippen molar-refractivity contribution >= 4 is 27.5 Å². The van der Waals surface area contributed by atoms with E-state index in [0.717, 1.165) is 52.1 Å². The quantitative estimate of drug-likeness (QED) is 0.0401. The predicted octanol–water partition coefficient (Wildman–Crippen LogP) is 5.92. The number of nitro groups is 1. The number of benzene rings is 5. The molecule has 1 saturated heterocycles. The molecule has 336 valence electrons. The van der Waals surface area contributed by atoms with Crippen LogP contribution in [0, 0.1) is 10.1 Å². The zero-order chi connectivity index (χ0) is 45.3. The van der Waals surface area contributed by atoms with E-state index in [1.165, 1.54) is 6.92 Å². The van der Waals surface area contributed by atoms with Gasteiger partial charge in [-0.15, -0.1) is 6.58 Å². The third-order valence-corrected chi connectivity index (χ3v) is 11.8. The summed E-state index contributed by atoms with van der Waals surface area (Å²) in [7, 11) is -4.48. The Balaban J connectivity index is 1.32. The smallest absolute Gasteiger partial charge is 0.269 e. The summed E-state index contributed by atoms with van der Waals surface area (Å²) in [4.78, 5) is 37.4. The van der Waals surface area contributed by atoms with Gasteiger partial charge in [-0.2, -0.15) is 4.72 Å². The maximum absolute atomic E-state index is 14.1. The highest BCUT2D eigenvalue weighted by atomic mass is 32.2. The Morgan fingerprint density at radius 3 is 1.88 bits per heavy atom. The van der Waals surface area contributed by atoms with Crippen LogP contribution in [0.5, 0.6) is 0 Å². The van der Waals surface area contributed by atoms with E-state index in [9.17, 15) is 28.1 Å². The molecule has 1 fully saturated rings. The molecule has 15 nitrogen and oxygen atoms in total. The Kier molecular flexibility index (Phi) is 17.4. The number of sulfonamides is 1. The zero-order valence-corrected chi connectivity index (χ0v) is 36.1. The lowest BCUT2D eigenvalue weighted by Gasteiger charge is -2.46. The van der Waals surface area contributed by atoms with Crippen molar-refractivity contribution in [1.29, 1.82) is 0 Å². The number of nitro benzene ring substituents is 1. The SMILES string of the molecule is C=CCc1ccccc1CNC(=O)[C@H](CO[C@H]1O[C@H](COCc2ccccc2)[C@H](OCc2ccccc2)[C@H](OCc2ccccc2)[C@H]1NC(C)=O)NS(=O)(=O)c1ccc([N+](=O)[O-])cc1. The second-order valence-corrected chi connectivity index (χ2v) is 16.7. The fourth-order valence-electron chi connectivity index (χ4n) is 7.12. The van der Waals surface area contributed by atoms with Gasteiger partial charge in [-0.3, -0.25) is 19.7 Å². The van der Waals surface area contributed by atoms with E-state index in [1.807, 2.05) is 115 Å². The highest BCUT2D eigenvalue weighted by molar-refractivity contribution is 7.89. The summed E-state index contributed by atoms with van der Waals surface area (Å²) in [6.07, 6.45) is -1.70. The van der Waals surface area contributed by atoms with E-state index in [2.05, 4.69) is 21.9 Å². The van der Waals surface area contributed by atoms with Gasteiger partial charge in [0.1, 0.15) is 30.4 Å². The van der Waals surface area contributed by atoms with Crippen LogP contribution in [-0.2, 0) is 76.1 Å². The minimum atomic E-state index is -4.48. The van der Waals surface area contributed by atoms with Crippen LogP contribution in [0.15, 0.2) is 157 Å². The van der Waals surface area contributed by atoms with E-state index in [1.54, 1.807) is 6.08 Å². The molecule has 1 aliphatic heterocycles. The molecule has 5 aromatic carbocycles. The number of amides is 2. The Morgan fingerprint density at radius 2 is 1.31 bits per heavy atom. The van der Waals surface area contributed by atoms with Crippen LogP contribution in [0.3, 0.4) is 0 Å². The number of carbonyl (C=O) groups excluding carboxylic acids is 2. The Morgan fingerprint density at radius 1 is 0.766 bits per heavy atom. The monoisotopic (exact) mass is 892 g/mol. The summed E-state index contributed by atoms with van der Waals surface area (Å²) in [5, 5.41) is 17.1. The molecule has 0 spiro atoms. The average molecular weight is 893 g/mol. The average Bonchev–Trinajstić information content (AvgIpc) is 3.30. The van der Waals surface area contributed by atoms with Gasteiger partial charge in [0.05, 0.1) is 42.9 Å². The predicted molar refractivity (Wildman–Crippen MR) is 238 cm³/mol. The fourth-order valence-corrected chi connectivity index (χ4v) is 8.30. The number of carbonyl (C=O) groups is 2. The number of allylic oxidation sites excluding steroid dienone is 1. The van der Waals surface area contributed by atoms with E-state index < -0.39 is 70.1 Å². The van der Waals surface area contributed by atoms with Gasteiger partial charge in [0.25, 0.3) is 5.69 Å². The molecule has 5 aromatic rings. The van der Waals surface area contributed by atoms with Crippen LogP contribution in [0.2, 0.25) is 0 Å². The van der Waals surface area contributed by atoms with Gasteiger partial charge < -0.3 is 34.3 Å². The second kappa shape index (κ2) is 23.5.